The molecule has 8 heteroatoms. The Morgan fingerprint density at radius 2 is 2.12 bits per heavy atom. The lowest BCUT2D eigenvalue weighted by molar-refractivity contribution is -0.129. The Morgan fingerprint density at radius 3 is 2.75 bits per heavy atom. The molecule has 0 radical (unpaired) electrons. The fourth-order valence-corrected chi connectivity index (χ4v) is 4.30. The van der Waals surface area contributed by atoms with Crippen LogP contribution in [0.5, 0.6) is 0 Å². The number of Topliss-reactive ketones (excluding diaryl/α,β-unsaturated/α-hetero) is 1. The van der Waals surface area contributed by atoms with Crippen LogP contribution in [0.3, 0.4) is 0 Å². The molecule has 0 saturated heterocycles. The van der Waals surface area contributed by atoms with Gasteiger partial charge in [0.2, 0.25) is 0 Å². The average Bonchev–Trinajstić information content (AvgIpc) is 2.98. The van der Waals surface area contributed by atoms with Crippen molar-refractivity contribution in [3.05, 3.63) is 33.8 Å². The lowest BCUT2D eigenvalue weighted by Crippen LogP contribution is -2.30. The number of carbonyl (C=O) groups is 2. The number of carbonyl (C=O) groups excluding carboxylic acids is 2. The van der Waals surface area contributed by atoms with E-state index in [0.29, 0.717) is 22.4 Å². The first-order chi connectivity index (χ1) is 11.6. The maximum Gasteiger partial charge on any atom is 0.338 e. The normalized spacial score (nSPS) is 17.7. The lowest BCUT2D eigenvalue weighted by Gasteiger charge is -2.20. The molecule has 5 nitrogen and oxygen atoms in total. The smallest absolute Gasteiger partial charge is 0.338 e. The predicted octanol–water partition coefficient (Wildman–Crippen LogP) is 4.05. The molecule has 1 atom stereocenters. The molecule has 24 heavy (non-hydrogen) atoms. The highest BCUT2D eigenvalue weighted by Gasteiger charge is 2.26. The largest absolute Gasteiger partial charge is 0.451 e. The van der Waals surface area contributed by atoms with Crippen molar-refractivity contribution in [2.45, 2.75) is 36.1 Å². The molecule has 1 fully saturated rings. The molecule has 2 aromatic rings. The first kappa shape index (κ1) is 17.3. The van der Waals surface area contributed by atoms with E-state index in [4.69, 9.17) is 17.0 Å². The van der Waals surface area contributed by atoms with E-state index in [-0.39, 0.29) is 5.78 Å². The summed E-state index contributed by atoms with van der Waals surface area (Å²) in [6.07, 6.45) is 4.27. The minimum atomic E-state index is -0.595. The zero-order chi connectivity index (χ0) is 17.1. The number of rotatable bonds is 4. The second-order valence-corrected chi connectivity index (χ2v) is 8.08. The SMILES string of the molecule is CSc1nn(-c2ccc(C(=O)OC3CCCCC3=O)cc2)c(=S)s1. The van der Waals surface area contributed by atoms with Gasteiger partial charge in [0.15, 0.2) is 20.2 Å². The van der Waals surface area contributed by atoms with Gasteiger partial charge in [-0.05, 0) is 62.0 Å². The number of ketones is 1. The number of esters is 1. The molecule has 3 rings (SSSR count). The van der Waals surface area contributed by atoms with Gasteiger partial charge in [-0.3, -0.25) is 4.79 Å². The van der Waals surface area contributed by atoms with Gasteiger partial charge in [-0.2, -0.15) is 0 Å². The van der Waals surface area contributed by atoms with Gasteiger partial charge in [0, 0.05) is 6.42 Å². The van der Waals surface area contributed by atoms with Crippen molar-refractivity contribution >= 4 is 47.1 Å². The summed E-state index contributed by atoms with van der Waals surface area (Å²) in [6, 6.07) is 6.90. The highest BCUT2D eigenvalue weighted by atomic mass is 32.2. The number of aromatic nitrogens is 2. The monoisotopic (exact) mass is 380 g/mol. The molecule has 1 aliphatic carbocycles. The fourth-order valence-electron chi connectivity index (χ4n) is 2.52. The summed E-state index contributed by atoms with van der Waals surface area (Å²) >= 11 is 8.29. The van der Waals surface area contributed by atoms with E-state index in [9.17, 15) is 9.59 Å². The third-order valence-corrected chi connectivity index (χ3v) is 6.01. The van der Waals surface area contributed by atoms with E-state index in [1.54, 1.807) is 28.9 Å². The maximum absolute atomic E-state index is 12.2. The zero-order valence-electron chi connectivity index (χ0n) is 13.1. The standard InChI is InChI=1S/C16H16N2O3S3/c1-23-15-17-18(16(22)24-15)11-8-6-10(7-9-11)14(20)21-13-5-3-2-4-12(13)19/h6-9,13H,2-5H2,1H3. The zero-order valence-corrected chi connectivity index (χ0v) is 15.5. The van der Waals surface area contributed by atoms with Gasteiger partial charge in [-0.1, -0.05) is 23.1 Å². The van der Waals surface area contributed by atoms with E-state index in [0.717, 1.165) is 22.9 Å². The Hall–Kier alpha value is -1.51. The number of hydrogen-bond donors (Lipinski definition) is 0. The van der Waals surface area contributed by atoms with E-state index in [1.165, 1.54) is 23.1 Å². The highest BCUT2D eigenvalue weighted by Crippen LogP contribution is 2.23. The van der Waals surface area contributed by atoms with Crippen molar-refractivity contribution in [1.82, 2.24) is 9.78 Å². The van der Waals surface area contributed by atoms with Crippen molar-refractivity contribution < 1.29 is 14.3 Å². The Kier molecular flexibility index (Phi) is 5.47. The Labute approximate surface area is 153 Å². The Balaban J connectivity index is 1.74. The van der Waals surface area contributed by atoms with Crippen LogP contribution >= 0.6 is 35.3 Å². The molecule has 0 amide bonds. The molecule has 0 spiro atoms. The molecule has 1 aromatic heterocycles. The van der Waals surface area contributed by atoms with E-state index in [2.05, 4.69) is 5.10 Å². The van der Waals surface area contributed by atoms with Gasteiger partial charge in [0.25, 0.3) is 0 Å². The summed E-state index contributed by atoms with van der Waals surface area (Å²) in [7, 11) is 0. The third-order valence-electron chi connectivity index (χ3n) is 3.80. The number of hydrogen-bond acceptors (Lipinski definition) is 7. The number of nitrogens with zero attached hydrogens (tertiary/aromatic N) is 2. The molecule has 1 saturated carbocycles. The van der Waals surface area contributed by atoms with Gasteiger partial charge >= 0.3 is 5.97 Å². The molecule has 1 aromatic carbocycles. The van der Waals surface area contributed by atoms with Crippen molar-refractivity contribution in [3.63, 3.8) is 0 Å². The number of thioether (sulfide) groups is 1. The number of ether oxygens (including phenoxy) is 1. The van der Waals surface area contributed by atoms with Crippen LogP contribution in [0.1, 0.15) is 36.0 Å². The molecule has 126 valence electrons. The van der Waals surface area contributed by atoms with Crippen LogP contribution < -0.4 is 0 Å². The van der Waals surface area contributed by atoms with Crippen LogP contribution in [-0.4, -0.2) is 33.9 Å². The molecule has 1 heterocycles. The van der Waals surface area contributed by atoms with Gasteiger partial charge in [-0.15, -0.1) is 5.10 Å². The molecule has 1 unspecified atom stereocenters. The van der Waals surface area contributed by atoms with Crippen LogP contribution in [0.2, 0.25) is 0 Å². The Morgan fingerprint density at radius 1 is 1.38 bits per heavy atom. The molecule has 1 aliphatic rings. The van der Waals surface area contributed by atoms with Crippen LogP contribution in [0.4, 0.5) is 0 Å². The van der Waals surface area contributed by atoms with Gasteiger partial charge in [-0.25, -0.2) is 9.48 Å². The van der Waals surface area contributed by atoms with Crippen molar-refractivity contribution in [3.8, 4) is 5.69 Å². The third kappa shape index (κ3) is 3.76. The molecular weight excluding hydrogens is 364 g/mol. The van der Waals surface area contributed by atoms with Crippen LogP contribution in [0.15, 0.2) is 28.6 Å². The van der Waals surface area contributed by atoms with Crippen LogP contribution in [0.25, 0.3) is 5.69 Å². The molecule has 0 bridgehead atoms. The van der Waals surface area contributed by atoms with Gasteiger partial charge in [0.1, 0.15) is 0 Å². The molecule has 0 N–H and O–H groups in total. The highest BCUT2D eigenvalue weighted by molar-refractivity contribution is 8.00. The van der Waals surface area contributed by atoms with Crippen molar-refractivity contribution in [2.75, 3.05) is 6.26 Å². The lowest BCUT2D eigenvalue weighted by atomic mass is 9.96. The van der Waals surface area contributed by atoms with E-state index >= 15 is 0 Å². The second kappa shape index (κ2) is 7.58. The summed E-state index contributed by atoms with van der Waals surface area (Å²) in [4.78, 5) is 24.0. The number of benzene rings is 1. The van der Waals surface area contributed by atoms with Crippen LogP contribution in [0, 0.1) is 3.95 Å². The first-order valence-electron chi connectivity index (χ1n) is 7.57. The van der Waals surface area contributed by atoms with E-state index in [1.807, 2.05) is 6.26 Å². The second-order valence-electron chi connectivity index (χ2n) is 5.40. The quantitative estimate of drug-likeness (QED) is 0.453. The first-order valence-corrected chi connectivity index (χ1v) is 10.0. The summed E-state index contributed by atoms with van der Waals surface area (Å²) in [5.74, 6) is -0.446. The summed E-state index contributed by atoms with van der Waals surface area (Å²) in [6.45, 7) is 0. The summed E-state index contributed by atoms with van der Waals surface area (Å²) in [5, 5.41) is 4.41. The van der Waals surface area contributed by atoms with Crippen molar-refractivity contribution in [2.24, 2.45) is 0 Å². The average molecular weight is 381 g/mol. The molecule has 0 aliphatic heterocycles. The minimum Gasteiger partial charge on any atom is -0.451 e. The Bertz CT molecular complexity index is 811. The van der Waals surface area contributed by atoms with Gasteiger partial charge < -0.3 is 4.74 Å². The maximum atomic E-state index is 12.2. The summed E-state index contributed by atoms with van der Waals surface area (Å²) < 4.78 is 8.56. The fraction of sp³-hybridized carbons (Fsp3) is 0.375. The van der Waals surface area contributed by atoms with E-state index < -0.39 is 12.1 Å². The minimum absolute atomic E-state index is 0.0181. The molecular formula is C16H16N2O3S3. The van der Waals surface area contributed by atoms with Crippen LogP contribution in [-0.2, 0) is 9.53 Å². The summed E-state index contributed by atoms with van der Waals surface area (Å²) in [5.41, 5.74) is 1.21. The topological polar surface area (TPSA) is 61.2 Å². The predicted molar refractivity (Wildman–Crippen MR) is 96.7 cm³/mol. The van der Waals surface area contributed by atoms with Gasteiger partial charge in [0.05, 0.1) is 11.3 Å². The van der Waals surface area contributed by atoms with Crippen molar-refractivity contribution in [1.29, 1.82) is 0 Å².